The number of carbonyl (C=O) groups is 1. The first-order valence-electron chi connectivity index (χ1n) is 11.5. The van der Waals surface area contributed by atoms with Gasteiger partial charge in [-0.2, -0.15) is 5.10 Å². The van der Waals surface area contributed by atoms with Crippen molar-refractivity contribution < 1.29 is 9.53 Å². The number of piperidine rings is 1. The fraction of sp³-hybridized carbons (Fsp3) is 0.385. The minimum Gasteiger partial charge on any atom is -0.491 e. The summed E-state index contributed by atoms with van der Waals surface area (Å²) in [6, 6.07) is 16.3. The molecule has 32 heavy (non-hydrogen) atoms. The zero-order valence-corrected chi connectivity index (χ0v) is 18.7. The molecule has 6 heteroatoms. The standard InChI is InChI=1S/C26H30N4O2/c1-28-15-12-23(27-28)21-10-8-20(9-11-21)18-30-19-22-6-5-7-24(25(22)26(30)31)32-17-16-29-13-3-2-4-14-29/h5-12,15H,2-4,13-14,16-19H2,1H3. The minimum atomic E-state index is 0.0578. The number of fused-ring (bicyclic) bond motifs is 1. The number of carbonyl (C=O) groups excluding carboxylic acids is 1. The van der Waals surface area contributed by atoms with Crippen molar-refractivity contribution >= 4 is 5.91 Å². The average molecular weight is 431 g/mol. The summed E-state index contributed by atoms with van der Waals surface area (Å²) >= 11 is 0. The lowest BCUT2D eigenvalue weighted by atomic mass is 10.1. The third-order valence-electron chi connectivity index (χ3n) is 6.43. The predicted octanol–water partition coefficient (Wildman–Crippen LogP) is 4.11. The SMILES string of the molecule is Cn1ccc(-c2ccc(CN3Cc4cccc(OCCN5CCCCC5)c4C3=O)cc2)n1. The summed E-state index contributed by atoms with van der Waals surface area (Å²) in [6.45, 7) is 5.07. The van der Waals surface area contributed by atoms with Crippen LogP contribution in [-0.4, -0.2) is 51.7 Å². The van der Waals surface area contributed by atoms with Gasteiger partial charge in [0.15, 0.2) is 0 Å². The molecule has 2 aliphatic heterocycles. The van der Waals surface area contributed by atoms with Crippen LogP contribution < -0.4 is 4.74 Å². The van der Waals surface area contributed by atoms with Crippen LogP contribution in [0.5, 0.6) is 5.75 Å². The number of hydrogen-bond acceptors (Lipinski definition) is 4. The van der Waals surface area contributed by atoms with E-state index in [0.717, 1.165) is 53.3 Å². The number of amides is 1. The van der Waals surface area contributed by atoms with Crippen LogP contribution in [0, 0.1) is 0 Å². The fourth-order valence-electron chi connectivity index (χ4n) is 4.67. The van der Waals surface area contributed by atoms with Gasteiger partial charge in [0.25, 0.3) is 5.91 Å². The van der Waals surface area contributed by atoms with E-state index in [9.17, 15) is 4.79 Å². The lowest BCUT2D eigenvalue weighted by Gasteiger charge is -2.26. The summed E-state index contributed by atoms with van der Waals surface area (Å²) in [7, 11) is 1.92. The van der Waals surface area contributed by atoms with Crippen LogP contribution in [0.4, 0.5) is 0 Å². The van der Waals surface area contributed by atoms with E-state index in [2.05, 4.69) is 34.3 Å². The van der Waals surface area contributed by atoms with Gasteiger partial charge in [-0.05, 0) is 49.2 Å². The quantitative estimate of drug-likeness (QED) is 0.566. The van der Waals surface area contributed by atoms with Gasteiger partial charge in [0.2, 0.25) is 0 Å². The molecule has 1 saturated heterocycles. The molecule has 0 aliphatic carbocycles. The molecule has 3 aromatic rings. The summed E-state index contributed by atoms with van der Waals surface area (Å²) in [6.07, 6.45) is 5.82. The molecule has 0 bridgehead atoms. The first kappa shape index (κ1) is 20.8. The van der Waals surface area contributed by atoms with Crippen LogP contribution in [0.15, 0.2) is 54.7 Å². The Morgan fingerprint density at radius 1 is 1.00 bits per heavy atom. The maximum Gasteiger partial charge on any atom is 0.258 e. The van der Waals surface area contributed by atoms with E-state index in [0.29, 0.717) is 19.7 Å². The van der Waals surface area contributed by atoms with Crippen molar-refractivity contribution in [2.75, 3.05) is 26.2 Å². The molecule has 1 fully saturated rings. The highest BCUT2D eigenvalue weighted by Crippen LogP contribution is 2.32. The van der Waals surface area contributed by atoms with E-state index in [-0.39, 0.29) is 5.91 Å². The van der Waals surface area contributed by atoms with Crippen LogP contribution >= 0.6 is 0 Å². The van der Waals surface area contributed by atoms with Crippen molar-refractivity contribution in [2.24, 2.45) is 7.05 Å². The lowest BCUT2D eigenvalue weighted by Crippen LogP contribution is -2.33. The maximum absolute atomic E-state index is 13.2. The van der Waals surface area contributed by atoms with Gasteiger partial charge in [-0.25, -0.2) is 0 Å². The molecular formula is C26H30N4O2. The zero-order chi connectivity index (χ0) is 21.9. The van der Waals surface area contributed by atoms with Gasteiger partial charge in [0, 0.05) is 38.4 Å². The van der Waals surface area contributed by atoms with Gasteiger partial charge in [-0.1, -0.05) is 42.8 Å². The largest absolute Gasteiger partial charge is 0.491 e. The van der Waals surface area contributed by atoms with E-state index < -0.39 is 0 Å². The van der Waals surface area contributed by atoms with Gasteiger partial charge < -0.3 is 9.64 Å². The smallest absolute Gasteiger partial charge is 0.258 e. The normalized spacial score (nSPS) is 16.4. The average Bonchev–Trinajstić information content (AvgIpc) is 3.39. The number of rotatable bonds is 7. The molecule has 0 atom stereocenters. The molecule has 0 unspecified atom stereocenters. The third kappa shape index (κ3) is 4.41. The van der Waals surface area contributed by atoms with Gasteiger partial charge >= 0.3 is 0 Å². The number of nitrogens with zero attached hydrogens (tertiary/aromatic N) is 4. The molecule has 0 spiro atoms. The number of benzene rings is 2. The van der Waals surface area contributed by atoms with Crippen LogP contribution in [0.25, 0.3) is 11.3 Å². The molecule has 5 rings (SSSR count). The number of aromatic nitrogens is 2. The highest BCUT2D eigenvalue weighted by molar-refractivity contribution is 6.01. The molecule has 6 nitrogen and oxygen atoms in total. The fourth-order valence-corrected chi connectivity index (χ4v) is 4.67. The third-order valence-corrected chi connectivity index (χ3v) is 6.43. The number of likely N-dealkylation sites (tertiary alicyclic amines) is 1. The van der Waals surface area contributed by atoms with Gasteiger partial charge in [-0.3, -0.25) is 14.4 Å². The van der Waals surface area contributed by atoms with Crippen molar-refractivity contribution in [3.8, 4) is 17.0 Å². The van der Waals surface area contributed by atoms with E-state index in [1.807, 2.05) is 42.4 Å². The second kappa shape index (κ2) is 9.17. The van der Waals surface area contributed by atoms with Crippen LogP contribution in [0.2, 0.25) is 0 Å². The number of aryl methyl sites for hydroxylation is 1. The molecule has 2 aromatic carbocycles. The summed E-state index contributed by atoms with van der Waals surface area (Å²) < 4.78 is 7.89. The summed E-state index contributed by atoms with van der Waals surface area (Å²) in [5, 5.41) is 4.45. The second-order valence-corrected chi connectivity index (χ2v) is 8.77. The molecular weight excluding hydrogens is 400 g/mol. The van der Waals surface area contributed by atoms with Crippen LogP contribution in [0.1, 0.15) is 40.7 Å². The van der Waals surface area contributed by atoms with E-state index >= 15 is 0 Å². The molecule has 0 radical (unpaired) electrons. The molecule has 3 heterocycles. The Balaban J connectivity index is 1.22. The molecule has 166 valence electrons. The molecule has 0 N–H and O–H groups in total. The van der Waals surface area contributed by atoms with Crippen molar-refractivity contribution in [3.05, 3.63) is 71.4 Å². The highest BCUT2D eigenvalue weighted by atomic mass is 16.5. The lowest BCUT2D eigenvalue weighted by molar-refractivity contribution is 0.0763. The molecule has 0 saturated carbocycles. The minimum absolute atomic E-state index is 0.0578. The molecule has 1 amide bonds. The monoisotopic (exact) mass is 430 g/mol. The van der Waals surface area contributed by atoms with Gasteiger partial charge in [0.05, 0.1) is 11.3 Å². The first-order valence-corrected chi connectivity index (χ1v) is 11.5. The Morgan fingerprint density at radius 3 is 2.56 bits per heavy atom. The van der Waals surface area contributed by atoms with Crippen molar-refractivity contribution in [2.45, 2.75) is 32.4 Å². The summed E-state index contributed by atoms with van der Waals surface area (Å²) in [4.78, 5) is 17.6. The molecule has 1 aromatic heterocycles. The topological polar surface area (TPSA) is 50.6 Å². The number of hydrogen-bond donors (Lipinski definition) is 0. The van der Waals surface area contributed by atoms with Gasteiger partial charge in [0.1, 0.15) is 12.4 Å². The Hall–Kier alpha value is -3.12. The Bertz CT molecular complexity index is 1080. The Labute approximate surface area is 189 Å². The van der Waals surface area contributed by atoms with Crippen molar-refractivity contribution in [1.29, 1.82) is 0 Å². The predicted molar refractivity (Wildman–Crippen MR) is 124 cm³/mol. The molecule has 2 aliphatic rings. The Kier molecular flexibility index (Phi) is 5.95. The van der Waals surface area contributed by atoms with Crippen LogP contribution in [-0.2, 0) is 20.1 Å². The Morgan fingerprint density at radius 2 is 1.81 bits per heavy atom. The number of ether oxygens (including phenoxy) is 1. The van der Waals surface area contributed by atoms with E-state index in [1.165, 1.54) is 19.3 Å². The van der Waals surface area contributed by atoms with E-state index in [1.54, 1.807) is 4.68 Å². The van der Waals surface area contributed by atoms with Crippen molar-refractivity contribution in [3.63, 3.8) is 0 Å². The summed E-state index contributed by atoms with van der Waals surface area (Å²) in [5.41, 5.74) is 4.93. The zero-order valence-electron chi connectivity index (χ0n) is 18.7. The second-order valence-electron chi connectivity index (χ2n) is 8.77. The summed E-state index contributed by atoms with van der Waals surface area (Å²) in [5.74, 6) is 0.778. The van der Waals surface area contributed by atoms with Gasteiger partial charge in [-0.15, -0.1) is 0 Å². The highest BCUT2D eigenvalue weighted by Gasteiger charge is 2.30. The van der Waals surface area contributed by atoms with Crippen LogP contribution in [0.3, 0.4) is 0 Å². The maximum atomic E-state index is 13.2. The van der Waals surface area contributed by atoms with Crippen molar-refractivity contribution in [1.82, 2.24) is 19.6 Å². The van der Waals surface area contributed by atoms with E-state index in [4.69, 9.17) is 4.74 Å². The first-order chi connectivity index (χ1) is 15.7.